The smallest absolute Gasteiger partial charge is 0.231 e. The number of sulfonamides is 1. The van der Waals surface area contributed by atoms with Crippen LogP contribution in [-0.4, -0.2) is 50.6 Å². The topological polar surface area (TPSA) is 101 Å². The maximum atomic E-state index is 13.0. The van der Waals surface area contributed by atoms with E-state index in [0.717, 1.165) is 55.2 Å². The van der Waals surface area contributed by atoms with Crippen molar-refractivity contribution in [1.29, 1.82) is 0 Å². The van der Waals surface area contributed by atoms with Gasteiger partial charge in [-0.25, -0.2) is 18.4 Å². The molecule has 1 aliphatic heterocycles. The van der Waals surface area contributed by atoms with Gasteiger partial charge in [0.2, 0.25) is 10.0 Å². The third-order valence-electron chi connectivity index (χ3n) is 6.18. The number of ether oxygens (including phenoxy) is 1. The van der Waals surface area contributed by atoms with E-state index in [1.54, 1.807) is 6.07 Å². The summed E-state index contributed by atoms with van der Waals surface area (Å²) in [6.45, 7) is 8.11. The molecular formula is C24H34N4O4S. The molecular weight excluding hydrogens is 440 g/mol. The number of Topliss-reactive ketones (excluding diaryl/α,β-unsaturated/α-hetero) is 1. The van der Waals surface area contributed by atoms with Crippen molar-refractivity contribution in [3.05, 3.63) is 41.2 Å². The first-order chi connectivity index (χ1) is 15.6. The number of hydrogen-bond acceptors (Lipinski definition) is 7. The lowest BCUT2D eigenvalue weighted by Crippen LogP contribution is -2.34. The van der Waals surface area contributed by atoms with Crippen molar-refractivity contribution < 1.29 is 17.9 Å². The summed E-state index contributed by atoms with van der Waals surface area (Å²) in [6.07, 6.45) is 5.89. The number of aryl methyl sites for hydroxylation is 2. The number of rotatable bonds is 9. The van der Waals surface area contributed by atoms with Crippen molar-refractivity contribution in [3.63, 3.8) is 0 Å². The number of hydrogen-bond donors (Lipinski definition) is 1. The Hall–Kier alpha value is -2.68. The van der Waals surface area contributed by atoms with E-state index >= 15 is 0 Å². The summed E-state index contributed by atoms with van der Waals surface area (Å²) in [5.74, 6) is 1.82. The van der Waals surface area contributed by atoms with Gasteiger partial charge in [0.15, 0.2) is 11.6 Å². The highest BCUT2D eigenvalue weighted by Crippen LogP contribution is 2.29. The second-order valence-corrected chi connectivity index (χ2v) is 10.7. The first-order valence-electron chi connectivity index (χ1n) is 11.3. The molecule has 0 amide bonds. The van der Waals surface area contributed by atoms with Gasteiger partial charge in [0.1, 0.15) is 11.6 Å². The molecule has 0 radical (unpaired) electrons. The van der Waals surface area contributed by atoms with Crippen molar-refractivity contribution in [2.24, 2.45) is 5.92 Å². The number of methoxy groups -OCH3 is 1. The summed E-state index contributed by atoms with van der Waals surface area (Å²) >= 11 is 0. The Kier molecular flexibility index (Phi) is 7.94. The summed E-state index contributed by atoms with van der Waals surface area (Å²) < 4.78 is 30.7. The highest BCUT2D eigenvalue weighted by molar-refractivity contribution is 7.92. The number of ketones is 1. The lowest BCUT2D eigenvalue weighted by atomic mass is 9.93. The number of anilines is 2. The van der Waals surface area contributed by atoms with Gasteiger partial charge in [0.25, 0.3) is 0 Å². The van der Waals surface area contributed by atoms with Gasteiger partial charge in [-0.2, -0.15) is 0 Å². The van der Waals surface area contributed by atoms with Gasteiger partial charge in [0, 0.05) is 37.3 Å². The average molecular weight is 475 g/mol. The minimum absolute atomic E-state index is 0.0847. The molecule has 1 fully saturated rings. The highest BCUT2D eigenvalue weighted by atomic mass is 32.2. The van der Waals surface area contributed by atoms with Crippen molar-refractivity contribution >= 4 is 27.4 Å². The van der Waals surface area contributed by atoms with Crippen LogP contribution in [-0.2, 0) is 21.2 Å². The van der Waals surface area contributed by atoms with E-state index in [-0.39, 0.29) is 17.4 Å². The molecule has 1 saturated heterocycles. The van der Waals surface area contributed by atoms with E-state index in [4.69, 9.17) is 9.72 Å². The molecule has 9 heteroatoms. The fraction of sp³-hybridized carbons (Fsp3) is 0.542. The fourth-order valence-corrected chi connectivity index (χ4v) is 4.53. The zero-order valence-corrected chi connectivity index (χ0v) is 20.9. The van der Waals surface area contributed by atoms with Crippen LogP contribution in [0.1, 0.15) is 55.8 Å². The second-order valence-electron chi connectivity index (χ2n) is 8.99. The third-order valence-corrected chi connectivity index (χ3v) is 6.74. The Labute approximate surface area is 196 Å². The van der Waals surface area contributed by atoms with Crippen LogP contribution >= 0.6 is 0 Å². The largest absolute Gasteiger partial charge is 0.493 e. The summed E-state index contributed by atoms with van der Waals surface area (Å²) in [7, 11) is -2.05. The van der Waals surface area contributed by atoms with Gasteiger partial charge >= 0.3 is 0 Å². The van der Waals surface area contributed by atoms with E-state index < -0.39 is 15.9 Å². The van der Waals surface area contributed by atoms with Crippen molar-refractivity contribution in [1.82, 2.24) is 9.97 Å². The zero-order chi connectivity index (χ0) is 24.2. The average Bonchev–Trinajstić information content (AvgIpc) is 2.77. The van der Waals surface area contributed by atoms with Gasteiger partial charge in [-0.1, -0.05) is 19.9 Å². The Balaban J connectivity index is 1.71. The normalized spacial score (nSPS) is 15.8. The minimum atomic E-state index is -3.49. The molecule has 8 nitrogen and oxygen atoms in total. The van der Waals surface area contributed by atoms with E-state index in [1.165, 1.54) is 13.3 Å². The molecule has 0 aromatic carbocycles. The maximum absolute atomic E-state index is 13.0. The molecule has 180 valence electrons. The van der Waals surface area contributed by atoms with Crippen molar-refractivity contribution in [2.75, 3.05) is 36.1 Å². The second kappa shape index (κ2) is 10.5. The number of carbonyl (C=O) groups excluding carboxylic acids is 1. The molecule has 33 heavy (non-hydrogen) atoms. The molecule has 0 bridgehead atoms. The highest BCUT2D eigenvalue weighted by Gasteiger charge is 2.22. The number of pyridine rings is 2. The van der Waals surface area contributed by atoms with Crippen LogP contribution in [0, 0.1) is 12.8 Å². The van der Waals surface area contributed by atoms with Gasteiger partial charge < -0.3 is 9.64 Å². The quantitative estimate of drug-likeness (QED) is 0.591. The molecule has 1 N–H and O–H groups in total. The van der Waals surface area contributed by atoms with E-state index in [0.29, 0.717) is 18.4 Å². The molecule has 0 spiro atoms. The number of piperidine rings is 1. The first-order valence-corrected chi connectivity index (χ1v) is 13.2. The Bertz CT molecular complexity index is 1100. The molecule has 3 heterocycles. The number of carbonyl (C=O) groups is 1. The van der Waals surface area contributed by atoms with E-state index in [9.17, 15) is 13.2 Å². The van der Waals surface area contributed by atoms with Gasteiger partial charge in [0.05, 0.1) is 13.4 Å². The van der Waals surface area contributed by atoms with E-state index in [2.05, 4.69) is 27.6 Å². The third kappa shape index (κ3) is 6.66. The lowest BCUT2D eigenvalue weighted by molar-refractivity contribution is -0.120. The minimum Gasteiger partial charge on any atom is -0.493 e. The SMILES string of the molecule is COc1cc(C(C)C(=O)CCc2ccc(C)nc2N2CCC(C)CC2)cnc1NS(C)(=O)=O. The molecule has 2 aromatic heterocycles. The zero-order valence-electron chi connectivity index (χ0n) is 20.1. The summed E-state index contributed by atoms with van der Waals surface area (Å²) in [5.41, 5.74) is 2.76. The summed E-state index contributed by atoms with van der Waals surface area (Å²) in [5, 5.41) is 0. The van der Waals surface area contributed by atoms with Gasteiger partial charge in [-0.15, -0.1) is 0 Å². The van der Waals surface area contributed by atoms with E-state index in [1.807, 2.05) is 19.9 Å². The van der Waals surface area contributed by atoms with Crippen LogP contribution in [0.2, 0.25) is 0 Å². The fourth-order valence-electron chi connectivity index (χ4n) is 4.03. The number of nitrogens with one attached hydrogen (secondary N) is 1. The molecule has 3 rings (SSSR count). The molecule has 1 atom stereocenters. The van der Waals surface area contributed by atoms with Crippen LogP contribution in [0.3, 0.4) is 0 Å². The molecule has 0 saturated carbocycles. The molecule has 0 aliphatic carbocycles. The van der Waals surface area contributed by atoms with Crippen molar-refractivity contribution in [3.8, 4) is 5.75 Å². The maximum Gasteiger partial charge on any atom is 0.231 e. The standard InChI is InChI=1S/C24H34N4O4S/c1-16-10-12-28(13-11-16)24-19(7-6-17(2)26-24)8-9-21(29)18(3)20-14-22(32-4)23(25-15-20)27-33(5,30)31/h6-7,14-16,18H,8-13H2,1-5H3,(H,25,27). The van der Waals surface area contributed by atoms with Crippen LogP contribution in [0.25, 0.3) is 0 Å². The Morgan fingerprint density at radius 2 is 2.00 bits per heavy atom. The Morgan fingerprint density at radius 1 is 1.30 bits per heavy atom. The molecule has 1 unspecified atom stereocenters. The predicted octanol–water partition coefficient (Wildman–Crippen LogP) is 3.71. The van der Waals surface area contributed by atoms with Crippen LogP contribution in [0.4, 0.5) is 11.6 Å². The predicted molar refractivity (Wildman–Crippen MR) is 131 cm³/mol. The Morgan fingerprint density at radius 3 is 2.64 bits per heavy atom. The summed E-state index contributed by atoms with van der Waals surface area (Å²) in [6, 6.07) is 5.75. The first kappa shape index (κ1) is 25.0. The summed E-state index contributed by atoms with van der Waals surface area (Å²) in [4.78, 5) is 24.3. The molecule has 1 aliphatic rings. The van der Waals surface area contributed by atoms with Crippen LogP contribution in [0.5, 0.6) is 5.75 Å². The van der Waals surface area contributed by atoms with Gasteiger partial charge in [-0.3, -0.25) is 9.52 Å². The van der Waals surface area contributed by atoms with Gasteiger partial charge in [-0.05, 0) is 55.4 Å². The van der Waals surface area contributed by atoms with Crippen molar-refractivity contribution in [2.45, 2.75) is 52.4 Å². The van der Waals surface area contributed by atoms with Crippen LogP contribution < -0.4 is 14.4 Å². The number of aromatic nitrogens is 2. The monoisotopic (exact) mass is 474 g/mol. The van der Waals surface area contributed by atoms with Crippen LogP contribution in [0.15, 0.2) is 24.4 Å². The number of nitrogens with zero attached hydrogens (tertiary/aromatic N) is 3. The molecule has 2 aromatic rings. The lowest BCUT2D eigenvalue weighted by Gasteiger charge is -2.32.